The minimum atomic E-state index is -0.127. The molecule has 5 nitrogen and oxygen atoms in total. The predicted octanol–water partition coefficient (Wildman–Crippen LogP) is 1.61. The monoisotopic (exact) mass is 242 g/mol. The molecule has 0 aliphatic carbocycles. The van der Waals surface area contributed by atoms with Crippen LogP contribution in [-0.4, -0.2) is 28.7 Å². The summed E-state index contributed by atoms with van der Waals surface area (Å²) in [5, 5.41) is 3.49. The number of aromatic nitrogens is 2. The van der Waals surface area contributed by atoms with Crippen LogP contribution in [0, 0.1) is 6.92 Å². The van der Waals surface area contributed by atoms with Gasteiger partial charge in [0.1, 0.15) is 0 Å². The lowest BCUT2D eigenvalue weighted by molar-refractivity contribution is 0.185. The maximum Gasteiger partial charge on any atom is 0.224 e. The average Bonchev–Trinajstić information content (AvgIpc) is 2.61. The van der Waals surface area contributed by atoms with Crippen LogP contribution < -0.4 is 11.1 Å². The van der Waals surface area contributed by atoms with E-state index < -0.39 is 0 Å². The summed E-state index contributed by atoms with van der Waals surface area (Å²) in [6.45, 7) is 5.28. The highest BCUT2D eigenvalue weighted by atomic mass is 35.5. The van der Waals surface area contributed by atoms with Crippen LogP contribution >= 0.6 is 11.6 Å². The van der Waals surface area contributed by atoms with Crippen molar-refractivity contribution in [2.45, 2.75) is 25.8 Å². The van der Waals surface area contributed by atoms with E-state index in [9.17, 15) is 0 Å². The van der Waals surface area contributed by atoms with Crippen LogP contribution in [-0.2, 0) is 4.74 Å². The Kier molecular flexibility index (Phi) is 2.90. The number of nitrogens with one attached hydrogen (secondary N) is 1. The first-order valence-electron chi connectivity index (χ1n) is 5.16. The van der Waals surface area contributed by atoms with Crippen LogP contribution in [0.4, 0.5) is 11.5 Å². The smallest absolute Gasteiger partial charge is 0.224 e. The van der Waals surface area contributed by atoms with Gasteiger partial charge in [-0.1, -0.05) is 0 Å². The fourth-order valence-corrected chi connectivity index (χ4v) is 1.91. The molecule has 1 aromatic rings. The van der Waals surface area contributed by atoms with Crippen molar-refractivity contribution in [3.05, 3.63) is 11.0 Å². The summed E-state index contributed by atoms with van der Waals surface area (Å²) in [4.78, 5) is 8.09. The number of halogens is 1. The highest BCUT2D eigenvalue weighted by Gasteiger charge is 2.30. The van der Waals surface area contributed by atoms with Gasteiger partial charge < -0.3 is 15.8 Å². The number of nitrogens with zero attached hydrogens (tertiary/aromatic N) is 2. The van der Waals surface area contributed by atoms with Gasteiger partial charge in [-0.2, -0.15) is 4.98 Å². The first kappa shape index (κ1) is 11.4. The molecule has 0 spiro atoms. The van der Waals surface area contributed by atoms with Crippen molar-refractivity contribution < 1.29 is 4.74 Å². The van der Waals surface area contributed by atoms with Crippen molar-refractivity contribution in [2.75, 3.05) is 24.3 Å². The SMILES string of the molecule is Cc1nc(Cl)nc(NC2(C)CCOC2)c1N. The van der Waals surface area contributed by atoms with Crippen LogP contribution in [0.3, 0.4) is 0 Å². The van der Waals surface area contributed by atoms with E-state index in [0.717, 1.165) is 13.0 Å². The van der Waals surface area contributed by atoms with Crippen molar-refractivity contribution >= 4 is 23.1 Å². The summed E-state index contributed by atoms with van der Waals surface area (Å²) in [5.74, 6) is 0.588. The molecule has 1 aliphatic rings. The normalized spacial score (nSPS) is 24.7. The van der Waals surface area contributed by atoms with Gasteiger partial charge in [0.05, 0.1) is 23.5 Å². The zero-order valence-corrected chi connectivity index (χ0v) is 10.1. The zero-order valence-electron chi connectivity index (χ0n) is 9.38. The zero-order chi connectivity index (χ0) is 11.8. The van der Waals surface area contributed by atoms with E-state index in [1.165, 1.54) is 0 Å². The molecule has 0 saturated carbocycles. The van der Waals surface area contributed by atoms with E-state index in [0.29, 0.717) is 23.8 Å². The number of anilines is 2. The summed E-state index contributed by atoms with van der Waals surface area (Å²) >= 11 is 5.80. The lowest BCUT2D eigenvalue weighted by Gasteiger charge is -2.25. The summed E-state index contributed by atoms with van der Waals surface area (Å²) in [6, 6.07) is 0. The van der Waals surface area contributed by atoms with Crippen LogP contribution in [0.2, 0.25) is 5.28 Å². The number of aryl methyl sites for hydroxylation is 1. The van der Waals surface area contributed by atoms with Gasteiger partial charge in [-0.25, -0.2) is 4.98 Å². The van der Waals surface area contributed by atoms with Gasteiger partial charge in [-0.3, -0.25) is 0 Å². The second-order valence-corrected chi connectivity index (χ2v) is 4.67. The molecule has 16 heavy (non-hydrogen) atoms. The van der Waals surface area contributed by atoms with Gasteiger partial charge >= 0.3 is 0 Å². The van der Waals surface area contributed by atoms with Gasteiger partial charge in [-0.05, 0) is 31.9 Å². The molecule has 1 atom stereocenters. The third kappa shape index (κ3) is 2.20. The van der Waals surface area contributed by atoms with Crippen LogP contribution in [0.25, 0.3) is 0 Å². The molecule has 1 unspecified atom stereocenters. The Balaban J connectivity index is 2.27. The van der Waals surface area contributed by atoms with E-state index in [1.54, 1.807) is 0 Å². The quantitative estimate of drug-likeness (QED) is 0.771. The average molecular weight is 243 g/mol. The highest BCUT2D eigenvalue weighted by molar-refractivity contribution is 6.28. The number of rotatable bonds is 2. The van der Waals surface area contributed by atoms with Crippen molar-refractivity contribution in [1.29, 1.82) is 0 Å². The highest BCUT2D eigenvalue weighted by Crippen LogP contribution is 2.27. The molecule has 0 amide bonds. The number of nitrogen functional groups attached to an aromatic ring is 1. The minimum Gasteiger partial charge on any atom is -0.394 e. The Morgan fingerprint density at radius 2 is 2.25 bits per heavy atom. The molecule has 2 heterocycles. The molecular formula is C10H15ClN4O. The molecular weight excluding hydrogens is 228 g/mol. The van der Waals surface area contributed by atoms with Gasteiger partial charge in [0, 0.05) is 6.61 Å². The molecule has 1 saturated heterocycles. The third-order valence-corrected chi connectivity index (χ3v) is 2.92. The lowest BCUT2D eigenvalue weighted by Crippen LogP contribution is -2.35. The number of hydrogen-bond acceptors (Lipinski definition) is 5. The van der Waals surface area contributed by atoms with Gasteiger partial charge in [0.2, 0.25) is 5.28 Å². The molecule has 1 fully saturated rings. The molecule has 88 valence electrons. The van der Waals surface area contributed by atoms with Gasteiger partial charge in [0.15, 0.2) is 5.82 Å². The second-order valence-electron chi connectivity index (χ2n) is 4.33. The molecule has 0 bridgehead atoms. The Hall–Kier alpha value is -1.07. The summed E-state index contributed by atoms with van der Waals surface area (Å²) in [7, 11) is 0. The van der Waals surface area contributed by atoms with Crippen LogP contribution in [0.1, 0.15) is 19.0 Å². The third-order valence-electron chi connectivity index (χ3n) is 2.75. The summed E-state index contributed by atoms with van der Waals surface area (Å²) < 4.78 is 5.35. The van der Waals surface area contributed by atoms with Gasteiger partial charge in [0.25, 0.3) is 0 Å². The molecule has 2 rings (SSSR count). The van der Waals surface area contributed by atoms with Crippen molar-refractivity contribution in [3.8, 4) is 0 Å². The standard InChI is InChI=1S/C10H15ClN4O/c1-6-7(12)8(14-9(11)13-6)15-10(2)3-4-16-5-10/h3-5,12H2,1-2H3,(H,13,14,15). The minimum absolute atomic E-state index is 0.127. The van der Waals surface area contributed by atoms with Crippen molar-refractivity contribution in [2.24, 2.45) is 0 Å². The molecule has 0 radical (unpaired) electrons. The van der Waals surface area contributed by atoms with E-state index in [1.807, 2.05) is 6.92 Å². The fraction of sp³-hybridized carbons (Fsp3) is 0.600. The maximum atomic E-state index is 5.90. The predicted molar refractivity (Wildman–Crippen MR) is 63.7 cm³/mol. The first-order valence-corrected chi connectivity index (χ1v) is 5.53. The Morgan fingerprint density at radius 3 is 2.88 bits per heavy atom. The molecule has 0 aromatic carbocycles. The van der Waals surface area contributed by atoms with E-state index in [2.05, 4.69) is 22.2 Å². The van der Waals surface area contributed by atoms with Gasteiger partial charge in [-0.15, -0.1) is 0 Å². The summed E-state index contributed by atoms with van der Waals surface area (Å²) in [5.41, 5.74) is 7.00. The molecule has 6 heteroatoms. The van der Waals surface area contributed by atoms with E-state index in [4.69, 9.17) is 22.1 Å². The largest absolute Gasteiger partial charge is 0.394 e. The van der Waals surface area contributed by atoms with E-state index in [-0.39, 0.29) is 10.8 Å². The number of ether oxygens (including phenoxy) is 1. The Bertz CT molecular complexity index is 404. The maximum absolute atomic E-state index is 5.90. The van der Waals surface area contributed by atoms with E-state index >= 15 is 0 Å². The number of nitrogens with two attached hydrogens (primary N) is 1. The topological polar surface area (TPSA) is 73.1 Å². The fourth-order valence-electron chi connectivity index (χ4n) is 1.69. The number of hydrogen-bond donors (Lipinski definition) is 2. The second kappa shape index (κ2) is 4.07. The molecule has 1 aliphatic heterocycles. The van der Waals surface area contributed by atoms with Crippen molar-refractivity contribution in [3.63, 3.8) is 0 Å². The molecule has 3 N–H and O–H groups in total. The molecule has 1 aromatic heterocycles. The van der Waals surface area contributed by atoms with Crippen molar-refractivity contribution in [1.82, 2.24) is 9.97 Å². The Labute approximate surface area is 99.4 Å². The lowest BCUT2D eigenvalue weighted by atomic mass is 10.0. The first-order chi connectivity index (χ1) is 7.50. The van der Waals surface area contributed by atoms with Crippen LogP contribution in [0.15, 0.2) is 0 Å². The Morgan fingerprint density at radius 1 is 1.50 bits per heavy atom. The van der Waals surface area contributed by atoms with Crippen LogP contribution in [0.5, 0.6) is 0 Å². The summed E-state index contributed by atoms with van der Waals surface area (Å²) in [6.07, 6.45) is 0.924.